The number of hydrogen-bond acceptors (Lipinski definition) is 11. The lowest BCUT2D eigenvalue weighted by Gasteiger charge is -2.49. The van der Waals surface area contributed by atoms with Gasteiger partial charge < -0.3 is 31.6 Å². The van der Waals surface area contributed by atoms with E-state index in [1.54, 1.807) is 11.0 Å². The molecule has 0 bridgehead atoms. The van der Waals surface area contributed by atoms with Crippen molar-refractivity contribution in [1.82, 2.24) is 25.4 Å². The predicted molar refractivity (Wildman–Crippen MR) is 135 cm³/mol. The first-order valence-electron chi connectivity index (χ1n) is 11.6. The van der Waals surface area contributed by atoms with E-state index in [1.807, 2.05) is 0 Å². The molecule has 0 aromatic carbocycles. The Bertz CT molecular complexity index is 1250. The summed E-state index contributed by atoms with van der Waals surface area (Å²) in [6, 6.07) is -1.02. The number of carboxylic acids is 1. The van der Waals surface area contributed by atoms with Crippen LogP contribution in [0, 0.1) is 5.92 Å². The number of carbonyl (C=O) groups is 4. The summed E-state index contributed by atoms with van der Waals surface area (Å²) in [4.78, 5) is 57.6. The SMILES string of the molecule is Nc1nc(/C(=N/O)C(=O)N[C@@H]2C(=O)N3C(C(=O)O)=C(C=C4CCN(CC5CCNC5)C4=O)CS[C@H]23)cs1. The van der Waals surface area contributed by atoms with Gasteiger partial charge in [-0.15, -0.1) is 23.1 Å². The average Bonchev–Trinajstić information content (AvgIpc) is 3.62. The molecular weight excluding hydrogens is 522 g/mol. The number of anilines is 1. The van der Waals surface area contributed by atoms with Crippen molar-refractivity contribution in [3.63, 3.8) is 0 Å². The molecule has 0 spiro atoms. The van der Waals surface area contributed by atoms with E-state index >= 15 is 0 Å². The van der Waals surface area contributed by atoms with Gasteiger partial charge in [-0.05, 0) is 43.5 Å². The number of carboxylic acid groups (broad SMARTS) is 1. The first-order valence-corrected chi connectivity index (χ1v) is 13.6. The topological polar surface area (TPSA) is 191 Å². The summed E-state index contributed by atoms with van der Waals surface area (Å²) in [5.41, 5.74) is 5.94. The largest absolute Gasteiger partial charge is 0.477 e. The summed E-state index contributed by atoms with van der Waals surface area (Å²) in [6.07, 6.45) is 3.14. The van der Waals surface area contributed by atoms with Crippen LogP contribution in [0.3, 0.4) is 0 Å². The number of carbonyl (C=O) groups excluding carboxylic acids is 3. The van der Waals surface area contributed by atoms with E-state index < -0.39 is 34.9 Å². The van der Waals surface area contributed by atoms with Crippen molar-refractivity contribution >= 4 is 57.6 Å². The lowest BCUT2D eigenvalue weighted by atomic mass is 10.0. The molecule has 0 radical (unpaired) electrons. The van der Waals surface area contributed by atoms with Gasteiger partial charge in [0.05, 0.1) is 0 Å². The molecule has 196 valence electrons. The van der Waals surface area contributed by atoms with Gasteiger partial charge in [0.2, 0.25) is 5.91 Å². The molecular formula is C22H25N7O6S2. The molecule has 1 aromatic rings. The molecule has 3 fully saturated rings. The molecule has 6 N–H and O–H groups in total. The van der Waals surface area contributed by atoms with Gasteiger partial charge in [-0.25, -0.2) is 9.78 Å². The fourth-order valence-electron chi connectivity index (χ4n) is 4.94. The van der Waals surface area contributed by atoms with Crippen LogP contribution in [0.15, 0.2) is 33.5 Å². The summed E-state index contributed by atoms with van der Waals surface area (Å²) >= 11 is 2.34. The van der Waals surface area contributed by atoms with Crippen LogP contribution < -0.4 is 16.4 Å². The molecule has 3 saturated heterocycles. The number of nitrogens with two attached hydrogens (primary N) is 1. The van der Waals surface area contributed by atoms with Gasteiger partial charge in [-0.1, -0.05) is 5.16 Å². The highest BCUT2D eigenvalue weighted by Crippen LogP contribution is 2.41. The van der Waals surface area contributed by atoms with Gasteiger partial charge in [0, 0.05) is 29.8 Å². The Hall–Kier alpha value is -3.43. The van der Waals surface area contributed by atoms with E-state index in [-0.39, 0.29) is 28.2 Å². The normalized spacial score (nSPS) is 27.1. The van der Waals surface area contributed by atoms with Crippen LogP contribution in [0.25, 0.3) is 0 Å². The fourth-order valence-corrected chi connectivity index (χ4v) is 6.79. The quantitative estimate of drug-likeness (QED) is 0.0969. The Morgan fingerprint density at radius 1 is 1.38 bits per heavy atom. The molecule has 0 aliphatic carbocycles. The van der Waals surface area contributed by atoms with E-state index in [9.17, 15) is 29.5 Å². The van der Waals surface area contributed by atoms with E-state index in [4.69, 9.17) is 5.73 Å². The zero-order valence-electron chi connectivity index (χ0n) is 19.5. The second-order valence-electron chi connectivity index (χ2n) is 9.09. The third-order valence-corrected chi connectivity index (χ3v) is 8.75. The number of thioether (sulfide) groups is 1. The minimum absolute atomic E-state index is 0.0573. The highest BCUT2D eigenvalue weighted by atomic mass is 32.2. The van der Waals surface area contributed by atoms with Crippen molar-refractivity contribution in [1.29, 1.82) is 0 Å². The lowest BCUT2D eigenvalue weighted by Crippen LogP contribution is -2.71. The highest BCUT2D eigenvalue weighted by Gasteiger charge is 2.54. The van der Waals surface area contributed by atoms with Crippen molar-refractivity contribution in [2.75, 3.05) is 37.7 Å². The lowest BCUT2D eigenvalue weighted by molar-refractivity contribution is -0.150. The maximum Gasteiger partial charge on any atom is 0.352 e. The molecule has 3 atom stereocenters. The number of amides is 3. The number of nitrogen functional groups attached to an aromatic ring is 1. The zero-order chi connectivity index (χ0) is 26.3. The molecule has 13 nitrogen and oxygen atoms in total. The second-order valence-corrected chi connectivity index (χ2v) is 11.1. The van der Waals surface area contributed by atoms with Crippen LogP contribution in [0.5, 0.6) is 0 Å². The number of likely N-dealkylation sites (tertiary alicyclic amines) is 1. The summed E-state index contributed by atoms with van der Waals surface area (Å²) in [5.74, 6) is -2.18. The number of hydrogen-bond donors (Lipinski definition) is 5. The van der Waals surface area contributed by atoms with Crippen molar-refractivity contribution in [2.45, 2.75) is 24.3 Å². The van der Waals surface area contributed by atoms with Gasteiger partial charge in [0.1, 0.15) is 22.8 Å². The zero-order valence-corrected chi connectivity index (χ0v) is 21.2. The molecule has 3 amide bonds. The first-order chi connectivity index (χ1) is 17.8. The van der Waals surface area contributed by atoms with E-state index in [0.717, 1.165) is 35.7 Å². The van der Waals surface area contributed by atoms with Crippen LogP contribution in [-0.4, -0.2) is 97.8 Å². The molecule has 5 heterocycles. The number of allylic oxidation sites excluding steroid dienone is 1. The molecule has 1 unspecified atom stereocenters. The molecule has 4 aliphatic heterocycles. The van der Waals surface area contributed by atoms with E-state index in [1.165, 1.54) is 17.1 Å². The van der Waals surface area contributed by atoms with Crippen LogP contribution in [0.1, 0.15) is 18.5 Å². The first kappa shape index (κ1) is 25.2. The Kier molecular flexibility index (Phi) is 6.92. The Morgan fingerprint density at radius 3 is 2.84 bits per heavy atom. The van der Waals surface area contributed by atoms with Gasteiger partial charge in [-0.2, -0.15) is 0 Å². The summed E-state index contributed by atoms with van der Waals surface area (Å²) in [6.45, 7) is 3.08. The minimum Gasteiger partial charge on any atom is -0.477 e. The molecule has 5 rings (SSSR count). The monoisotopic (exact) mass is 547 g/mol. The summed E-state index contributed by atoms with van der Waals surface area (Å²) in [7, 11) is 0. The molecule has 15 heteroatoms. The van der Waals surface area contributed by atoms with Crippen molar-refractivity contribution in [2.24, 2.45) is 11.1 Å². The van der Waals surface area contributed by atoms with Crippen molar-refractivity contribution in [3.8, 4) is 0 Å². The van der Waals surface area contributed by atoms with Gasteiger partial charge in [0.25, 0.3) is 11.8 Å². The van der Waals surface area contributed by atoms with Crippen LogP contribution in [0.4, 0.5) is 5.13 Å². The maximum atomic E-state index is 13.0. The van der Waals surface area contributed by atoms with E-state index in [2.05, 4.69) is 20.8 Å². The minimum atomic E-state index is -1.29. The maximum absolute atomic E-state index is 13.0. The van der Waals surface area contributed by atoms with Crippen LogP contribution in [0.2, 0.25) is 0 Å². The molecule has 4 aliphatic rings. The number of aliphatic carboxylic acids is 1. The van der Waals surface area contributed by atoms with Gasteiger partial charge >= 0.3 is 5.97 Å². The predicted octanol–water partition coefficient (Wildman–Crippen LogP) is -0.590. The summed E-state index contributed by atoms with van der Waals surface area (Å²) in [5, 5.41) is 29.0. The van der Waals surface area contributed by atoms with Gasteiger partial charge in [0.15, 0.2) is 10.8 Å². The Labute approximate surface area is 219 Å². The van der Waals surface area contributed by atoms with Crippen molar-refractivity contribution in [3.05, 3.63) is 34.0 Å². The molecule has 37 heavy (non-hydrogen) atoms. The number of rotatable bonds is 7. The molecule has 0 saturated carbocycles. The van der Waals surface area contributed by atoms with E-state index in [0.29, 0.717) is 36.6 Å². The second kappa shape index (κ2) is 10.1. The third-order valence-electron chi connectivity index (χ3n) is 6.77. The number of β-lactam (4-membered cyclic amide) rings is 1. The Balaban J connectivity index is 1.30. The number of nitrogens with one attached hydrogen (secondary N) is 2. The number of thiazole rings is 1. The average molecular weight is 548 g/mol. The van der Waals surface area contributed by atoms with Gasteiger partial charge in [-0.3, -0.25) is 19.3 Å². The highest BCUT2D eigenvalue weighted by molar-refractivity contribution is 8.00. The number of fused-ring (bicyclic) bond motifs is 1. The smallest absolute Gasteiger partial charge is 0.352 e. The number of aromatic nitrogens is 1. The third kappa shape index (κ3) is 4.69. The van der Waals surface area contributed by atoms with Crippen molar-refractivity contribution < 1.29 is 29.5 Å². The number of oxime groups is 1. The number of nitrogens with zero attached hydrogens (tertiary/aromatic N) is 4. The van der Waals surface area contributed by atoms with Crippen LogP contribution in [-0.2, 0) is 19.2 Å². The standard InChI is InChI=1S/C22H25N7O6S2/c23-22-25-13(9-37-22)14(27-35)17(30)26-15-19(32)29-16(21(33)34)12(8-36-20(15)29)5-11-2-4-28(18(11)31)7-10-1-3-24-6-10/h5,9-10,15,20,24,35H,1-4,6-8H2,(H2,23,25)(H,26,30)(H,33,34)/b11-5?,27-14-/t10?,15-,20-/m1/s1. The molecule has 1 aromatic heterocycles. The summed E-state index contributed by atoms with van der Waals surface area (Å²) < 4.78 is 0. The fraction of sp³-hybridized carbons (Fsp3) is 0.455. The Morgan fingerprint density at radius 2 is 2.19 bits per heavy atom. The van der Waals surface area contributed by atoms with Crippen LogP contribution >= 0.6 is 23.1 Å².